The van der Waals surface area contributed by atoms with Gasteiger partial charge < -0.3 is 9.47 Å². The van der Waals surface area contributed by atoms with Gasteiger partial charge in [-0.1, -0.05) is 18.2 Å². The SMILES string of the molecule is Cc1cccc(O[C@@H](C)C(=O)NNC(=O)COc2cccc(F)c2)c1C. The van der Waals surface area contributed by atoms with Gasteiger partial charge in [-0.25, -0.2) is 4.39 Å². The number of hydrogen-bond acceptors (Lipinski definition) is 4. The van der Waals surface area contributed by atoms with Crippen molar-refractivity contribution < 1.29 is 23.5 Å². The Labute approximate surface area is 151 Å². The average molecular weight is 360 g/mol. The van der Waals surface area contributed by atoms with Crippen molar-refractivity contribution >= 4 is 11.8 Å². The van der Waals surface area contributed by atoms with Gasteiger partial charge in [0.1, 0.15) is 17.3 Å². The number of hydrogen-bond donors (Lipinski definition) is 2. The molecule has 0 aliphatic heterocycles. The van der Waals surface area contributed by atoms with Crippen molar-refractivity contribution in [3.8, 4) is 11.5 Å². The molecule has 0 aliphatic rings. The van der Waals surface area contributed by atoms with E-state index in [2.05, 4.69) is 10.9 Å². The van der Waals surface area contributed by atoms with E-state index in [0.717, 1.165) is 17.2 Å². The fraction of sp³-hybridized carbons (Fsp3) is 0.263. The number of ether oxygens (including phenoxy) is 2. The summed E-state index contributed by atoms with van der Waals surface area (Å²) in [4.78, 5) is 23.7. The monoisotopic (exact) mass is 360 g/mol. The summed E-state index contributed by atoms with van der Waals surface area (Å²) in [5.41, 5.74) is 6.49. The molecule has 0 bridgehead atoms. The third-order valence-corrected chi connectivity index (χ3v) is 3.72. The molecule has 0 aliphatic carbocycles. The molecule has 1 atom stereocenters. The summed E-state index contributed by atoms with van der Waals surface area (Å²) in [6, 6.07) is 11.0. The molecule has 0 saturated carbocycles. The molecule has 26 heavy (non-hydrogen) atoms. The third-order valence-electron chi connectivity index (χ3n) is 3.72. The molecule has 2 amide bonds. The summed E-state index contributed by atoms with van der Waals surface area (Å²) < 4.78 is 23.8. The second-order valence-electron chi connectivity index (χ2n) is 5.74. The van der Waals surface area contributed by atoms with Crippen LogP contribution >= 0.6 is 0 Å². The fourth-order valence-electron chi connectivity index (χ4n) is 2.07. The lowest BCUT2D eigenvalue weighted by atomic mass is 10.1. The second-order valence-corrected chi connectivity index (χ2v) is 5.74. The zero-order valence-electron chi connectivity index (χ0n) is 14.8. The van der Waals surface area contributed by atoms with Gasteiger partial charge in [-0.3, -0.25) is 20.4 Å². The lowest BCUT2D eigenvalue weighted by Gasteiger charge is -2.17. The van der Waals surface area contributed by atoms with Gasteiger partial charge in [-0.05, 0) is 50.1 Å². The van der Waals surface area contributed by atoms with Crippen LogP contribution in [0, 0.1) is 19.7 Å². The van der Waals surface area contributed by atoms with Crippen LogP contribution in [-0.2, 0) is 9.59 Å². The minimum atomic E-state index is -0.806. The predicted molar refractivity (Wildman–Crippen MR) is 94.2 cm³/mol. The van der Waals surface area contributed by atoms with Crippen LogP contribution in [0.1, 0.15) is 18.1 Å². The normalized spacial score (nSPS) is 11.4. The first-order chi connectivity index (χ1) is 12.4. The maximum atomic E-state index is 13.0. The zero-order chi connectivity index (χ0) is 19.1. The summed E-state index contributed by atoms with van der Waals surface area (Å²) >= 11 is 0. The number of aryl methyl sites for hydroxylation is 1. The molecule has 0 spiro atoms. The Kier molecular flexibility index (Phi) is 6.54. The minimum absolute atomic E-state index is 0.220. The number of amides is 2. The van der Waals surface area contributed by atoms with E-state index in [9.17, 15) is 14.0 Å². The van der Waals surface area contributed by atoms with E-state index in [4.69, 9.17) is 9.47 Å². The maximum Gasteiger partial charge on any atom is 0.279 e. The molecular formula is C19H21FN2O4. The van der Waals surface area contributed by atoms with Crippen molar-refractivity contribution in [1.82, 2.24) is 10.9 Å². The number of nitrogens with one attached hydrogen (secondary N) is 2. The van der Waals surface area contributed by atoms with Gasteiger partial charge in [0.15, 0.2) is 12.7 Å². The molecule has 2 aromatic rings. The predicted octanol–water partition coefficient (Wildman–Crippen LogP) is 2.44. The molecule has 2 rings (SSSR count). The second kappa shape index (κ2) is 8.84. The highest BCUT2D eigenvalue weighted by Gasteiger charge is 2.16. The Morgan fingerprint density at radius 1 is 1.12 bits per heavy atom. The van der Waals surface area contributed by atoms with Crippen LogP contribution < -0.4 is 20.3 Å². The molecular weight excluding hydrogens is 339 g/mol. The Morgan fingerprint density at radius 2 is 1.85 bits per heavy atom. The largest absolute Gasteiger partial charge is 0.484 e. The first kappa shape index (κ1) is 19.2. The smallest absolute Gasteiger partial charge is 0.279 e. The van der Waals surface area contributed by atoms with E-state index in [-0.39, 0.29) is 12.4 Å². The number of halogens is 1. The molecule has 0 unspecified atom stereocenters. The fourth-order valence-corrected chi connectivity index (χ4v) is 2.07. The summed E-state index contributed by atoms with van der Waals surface area (Å²) in [6.07, 6.45) is -0.806. The summed E-state index contributed by atoms with van der Waals surface area (Å²) in [6.45, 7) is 5.06. The van der Waals surface area contributed by atoms with Crippen molar-refractivity contribution in [3.05, 3.63) is 59.4 Å². The number of carbonyl (C=O) groups excluding carboxylic acids is 2. The summed E-state index contributed by atoms with van der Waals surface area (Å²) in [5.74, 6) is -0.730. The highest BCUT2D eigenvalue weighted by molar-refractivity contribution is 5.85. The van der Waals surface area contributed by atoms with E-state index in [1.54, 1.807) is 13.0 Å². The molecule has 0 radical (unpaired) electrons. The lowest BCUT2D eigenvalue weighted by Crippen LogP contribution is -2.48. The van der Waals surface area contributed by atoms with Gasteiger partial charge in [0, 0.05) is 6.07 Å². The topological polar surface area (TPSA) is 76.7 Å². The Bertz CT molecular complexity index is 795. The standard InChI is InChI=1S/C19H21FN2O4/c1-12-6-4-9-17(13(12)2)26-14(3)19(24)22-21-18(23)11-25-16-8-5-7-15(20)10-16/h4-10,14H,11H2,1-3H3,(H,21,23)(H,22,24)/t14-/m0/s1. The summed E-state index contributed by atoms with van der Waals surface area (Å²) in [7, 11) is 0. The average Bonchev–Trinajstić information content (AvgIpc) is 2.61. The number of hydrazine groups is 1. The first-order valence-corrected chi connectivity index (χ1v) is 8.06. The van der Waals surface area contributed by atoms with Crippen LogP contribution in [-0.4, -0.2) is 24.5 Å². The number of rotatable bonds is 6. The molecule has 138 valence electrons. The first-order valence-electron chi connectivity index (χ1n) is 8.06. The highest BCUT2D eigenvalue weighted by atomic mass is 19.1. The molecule has 0 fully saturated rings. The molecule has 7 heteroatoms. The Morgan fingerprint density at radius 3 is 2.58 bits per heavy atom. The molecule has 0 aromatic heterocycles. The van der Waals surface area contributed by atoms with E-state index in [1.165, 1.54) is 18.2 Å². The van der Waals surface area contributed by atoms with E-state index < -0.39 is 23.7 Å². The van der Waals surface area contributed by atoms with Crippen molar-refractivity contribution in [2.45, 2.75) is 26.9 Å². The van der Waals surface area contributed by atoms with Gasteiger partial charge in [0.2, 0.25) is 0 Å². The Hall–Kier alpha value is -3.09. The van der Waals surface area contributed by atoms with E-state index >= 15 is 0 Å². The third kappa shape index (κ3) is 5.47. The van der Waals surface area contributed by atoms with Gasteiger partial charge in [-0.15, -0.1) is 0 Å². The lowest BCUT2D eigenvalue weighted by molar-refractivity contribution is -0.133. The summed E-state index contributed by atoms with van der Waals surface area (Å²) in [5, 5.41) is 0. The van der Waals surface area contributed by atoms with Crippen LogP contribution in [0.15, 0.2) is 42.5 Å². The molecule has 0 saturated heterocycles. The Balaban J connectivity index is 1.78. The van der Waals surface area contributed by atoms with Crippen molar-refractivity contribution in [1.29, 1.82) is 0 Å². The van der Waals surface area contributed by atoms with Crippen molar-refractivity contribution in [2.24, 2.45) is 0 Å². The van der Waals surface area contributed by atoms with Crippen LogP contribution in [0.5, 0.6) is 11.5 Å². The number of benzene rings is 2. The van der Waals surface area contributed by atoms with E-state index in [0.29, 0.717) is 5.75 Å². The number of carbonyl (C=O) groups is 2. The van der Waals surface area contributed by atoms with Crippen LogP contribution in [0.4, 0.5) is 4.39 Å². The van der Waals surface area contributed by atoms with Gasteiger partial charge in [0.25, 0.3) is 11.8 Å². The maximum absolute atomic E-state index is 13.0. The van der Waals surface area contributed by atoms with Gasteiger partial charge >= 0.3 is 0 Å². The minimum Gasteiger partial charge on any atom is -0.484 e. The van der Waals surface area contributed by atoms with E-state index in [1.807, 2.05) is 26.0 Å². The van der Waals surface area contributed by atoms with Crippen LogP contribution in [0.2, 0.25) is 0 Å². The molecule has 6 nitrogen and oxygen atoms in total. The zero-order valence-corrected chi connectivity index (χ0v) is 14.8. The highest BCUT2D eigenvalue weighted by Crippen LogP contribution is 2.21. The van der Waals surface area contributed by atoms with Crippen LogP contribution in [0.3, 0.4) is 0 Å². The molecule has 0 heterocycles. The quantitative estimate of drug-likeness (QED) is 0.776. The molecule has 2 N–H and O–H groups in total. The molecule has 2 aromatic carbocycles. The van der Waals surface area contributed by atoms with Crippen LogP contribution in [0.25, 0.3) is 0 Å². The van der Waals surface area contributed by atoms with Crippen molar-refractivity contribution in [3.63, 3.8) is 0 Å². The van der Waals surface area contributed by atoms with Gasteiger partial charge in [0.05, 0.1) is 0 Å². The van der Waals surface area contributed by atoms with Gasteiger partial charge in [-0.2, -0.15) is 0 Å². The van der Waals surface area contributed by atoms with Crippen molar-refractivity contribution in [2.75, 3.05) is 6.61 Å².